The lowest BCUT2D eigenvalue weighted by Crippen LogP contribution is -2.25. The smallest absolute Gasteiger partial charge is 0.113 e. The van der Waals surface area contributed by atoms with Gasteiger partial charge in [-0.05, 0) is 73.5 Å². The molecule has 0 heterocycles. The minimum Gasteiger partial charge on any atom is -0.113 e. The predicted molar refractivity (Wildman–Crippen MR) is 143 cm³/mol. The van der Waals surface area contributed by atoms with Crippen LogP contribution >= 0.6 is 0 Å². The van der Waals surface area contributed by atoms with Crippen molar-refractivity contribution in [3.63, 3.8) is 0 Å². The van der Waals surface area contributed by atoms with E-state index in [-0.39, 0.29) is 0 Å². The second-order valence-corrected chi connectivity index (χ2v) is 9.57. The van der Waals surface area contributed by atoms with Crippen LogP contribution in [0.15, 0.2) is 83.0 Å². The van der Waals surface area contributed by atoms with Gasteiger partial charge in [0.2, 0.25) is 0 Å². The van der Waals surface area contributed by atoms with Gasteiger partial charge in [0.25, 0.3) is 0 Å². The highest BCUT2D eigenvalue weighted by Gasteiger charge is 2.33. The fraction of sp³-hybridized carbons (Fsp3) is 0.533. The van der Waals surface area contributed by atoms with Gasteiger partial charge in [-0.15, -0.1) is 5.47 Å². The molecule has 0 aromatic heterocycles. The molecular formula is C30H45B. The molecule has 0 bridgehead atoms. The summed E-state index contributed by atoms with van der Waals surface area (Å²) in [4.78, 5) is 0. The number of allylic oxidation sites excluding steroid dienone is 12. The highest BCUT2D eigenvalue weighted by atomic mass is 14.4. The highest BCUT2D eigenvalue weighted by molar-refractivity contribution is 6.43. The van der Waals surface area contributed by atoms with E-state index in [0.717, 1.165) is 39.4 Å². The molecule has 0 aliphatic heterocycles. The lowest BCUT2D eigenvalue weighted by molar-refractivity contribution is 0.433. The van der Waals surface area contributed by atoms with Crippen molar-refractivity contribution in [2.24, 2.45) is 17.8 Å². The third-order valence-corrected chi connectivity index (χ3v) is 7.19. The first-order valence-corrected chi connectivity index (χ1v) is 12.7. The molecule has 31 heavy (non-hydrogen) atoms. The van der Waals surface area contributed by atoms with Gasteiger partial charge in [-0.2, -0.15) is 0 Å². The van der Waals surface area contributed by atoms with E-state index in [1.54, 1.807) is 5.57 Å². The van der Waals surface area contributed by atoms with Crippen LogP contribution in [0.3, 0.4) is 0 Å². The van der Waals surface area contributed by atoms with Crippen LogP contribution in [0.2, 0.25) is 6.82 Å². The van der Waals surface area contributed by atoms with Crippen molar-refractivity contribution in [3.05, 3.63) is 83.0 Å². The average molecular weight is 417 g/mol. The maximum Gasteiger partial charge on any atom is 0.148 e. The summed E-state index contributed by atoms with van der Waals surface area (Å²) in [7, 11) is 1.15. The predicted octanol–water partition coefficient (Wildman–Crippen LogP) is 8.88. The third kappa shape index (κ3) is 7.13. The van der Waals surface area contributed by atoms with Crippen LogP contribution in [0.1, 0.15) is 79.1 Å². The van der Waals surface area contributed by atoms with Gasteiger partial charge in [0.15, 0.2) is 0 Å². The van der Waals surface area contributed by atoms with E-state index in [1.165, 1.54) is 47.0 Å². The first-order chi connectivity index (χ1) is 14.9. The molecule has 0 amide bonds. The number of fused-ring (bicyclic) bond motifs is 1. The summed E-state index contributed by atoms with van der Waals surface area (Å²) in [5.41, 5.74) is 8.70. The van der Waals surface area contributed by atoms with E-state index >= 15 is 0 Å². The zero-order chi connectivity index (χ0) is 22.8. The SMILES string of the molecule is C=C(CC/C=C(\C)BC)CC1C=C(C(C)/C(=C/CC)CCCC)C(=C)C2=CC=CCC21. The fourth-order valence-corrected chi connectivity index (χ4v) is 5.04. The molecule has 168 valence electrons. The summed E-state index contributed by atoms with van der Waals surface area (Å²) in [5.74, 6) is 1.56. The van der Waals surface area contributed by atoms with E-state index in [4.69, 9.17) is 0 Å². The Labute approximate surface area is 193 Å². The van der Waals surface area contributed by atoms with Crippen LogP contribution in [0, 0.1) is 17.8 Å². The van der Waals surface area contributed by atoms with Crippen LogP contribution in [0.25, 0.3) is 0 Å². The van der Waals surface area contributed by atoms with Gasteiger partial charge in [-0.25, -0.2) is 0 Å². The summed E-state index contributed by atoms with van der Waals surface area (Å²) < 4.78 is 0. The summed E-state index contributed by atoms with van der Waals surface area (Å²) in [5, 5.41) is 0. The van der Waals surface area contributed by atoms with Gasteiger partial charge in [-0.3, -0.25) is 0 Å². The molecule has 1 heteroatoms. The van der Waals surface area contributed by atoms with E-state index in [2.05, 4.69) is 84.1 Å². The lowest BCUT2D eigenvalue weighted by atomic mass is 9.66. The highest BCUT2D eigenvalue weighted by Crippen LogP contribution is 2.46. The van der Waals surface area contributed by atoms with E-state index < -0.39 is 0 Å². The molecule has 0 N–H and O–H groups in total. The molecule has 0 aromatic rings. The summed E-state index contributed by atoms with van der Waals surface area (Å²) in [6, 6.07) is 0. The van der Waals surface area contributed by atoms with Gasteiger partial charge in [0.1, 0.15) is 7.28 Å². The Morgan fingerprint density at radius 1 is 1.26 bits per heavy atom. The largest absolute Gasteiger partial charge is 0.148 e. The van der Waals surface area contributed by atoms with E-state index in [0.29, 0.717) is 17.8 Å². The van der Waals surface area contributed by atoms with Crippen molar-refractivity contribution < 1.29 is 0 Å². The Balaban J connectivity index is 2.25. The van der Waals surface area contributed by atoms with Crippen molar-refractivity contribution in [1.29, 1.82) is 0 Å². The molecular weight excluding hydrogens is 371 g/mol. The van der Waals surface area contributed by atoms with Gasteiger partial charge < -0.3 is 0 Å². The number of rotatable bonds is 12. The molecule has 0 radical (unpaired) electrons. The van der Waals surface area contributed by atoms with Gasteiger partial charge in [0.05, 0.1) is 0 Å². The first kappa shape index (κ1) is 25.5. The first-order valence-electron chi connectivity index (χ1n) is 12.7. The zero-order valence-corrected chi connectivity index (χ0v) is 21.0. The van der Waals surface area contributed by atoms with E-state index in [1.807, 2.05) is 0 Å². The van der Waals surface area contributed by atoms with Gasteiger partial charge in [0, 0.05) is 5.92 Å². The van der Waals surface area contributed by atoms with Crippen LogP contribution in [0.4, 0.5) is 0 Å². The molecule has 0 saturated carbocycles. The van der Waals surface area contributed by atoms with Crippen molar-refractivity contribution >= 4 is 7.28 Å². The Morgan fingerprint density at radius 2 is 2.03 bits per heavy atom. The second kappa shape index (κ2) is 12.9. The van der Waals surface area contributed by atoms with Gasteiger partial charge >= 0.3 is 0 Å². The fourth-order valence-electron chi connectivity index (χ4n) is 5.04. The Bertz CT molecular complexity index is 783. The molecule has 2 aliphatic rings. The third-order valence-electron chi connectivity index (χ3n) is 7.19. The molecule has 2 aliphatic carbocycles. The minimum atomic E-state index is 0.456. The van der Waals surface area contributed by atoms with Crippen molar-refractivity contribution in [2.45, 2.75) is 85.9 Å². The van der Waals surface area contributed by atoms with Crippen molar-refractivity contribution in [3.8, 4) is 0 Å². The summed E-state index contributed by atoms with van der Waals surface area (Å²) in [6.07, 6.45) is 23.6. The van der Waals surface area contributed by atoms with Crippen LogP contribution in [-0.2, 0) is 0 Å². The molecule has 0 fully saturated rings. The summed E-state index contributed by atoms with van der Waals surface area (Å²) in [6.45, 7) is 20.5. The monoisotopic (exact) mass is 416 g/mol. The lowest BCUT2D eigenvalue weighted by Gasteiger charge is -2.38. The topological polar surface area (TPSA) is 0 Å². The Hall–Kier alpha value is -1.76. The van der Waals surface area contributed by atoms with Gasteiger partial charge in [-0.1, -0.05) is 102 Å². The second-order valence-electron chi connectivity index (χ2n) is 9.57. The van der Waals surface area contributed by atoms with Crippen LogP contribution < -0.4 is 0 Å². The number of hydrogen-bond acceptors (Lipinski definition) is 0. The average Bonchev–Trinajstić information content (AvgIpc) is 2.78. The van der Waals surface area contributed by atoms with Crippen LogP contribution in [-0.4, -0.2) is 7.28 Å². The molecule has 2 rings (SSSR count). The molecule has 0 spiro atoms. The zero-order valence-electron chi connectivity index (χ0n) is 21.0. The maximum atomic E-state index is 4.59. The molecule has 3 atom stereocenters. The standard InChI is InChI=1S/C30H45B/c1-8-10-17-26(14-9-2)24(5)30-21-27(20-22(3)15-13-16-23(4)31-7)29-19-12-11-18-28(29)25(30)6/h11-12,14,16,18,21,24,27,29,31H,3,6,8-10,13,15,17,19-20H2,1-2,4-5,7H3/b23-16+,26-14+. The molecule has 0 saturated heterocycles. The van der Waals surface area contributed by atoms with Crippen molar-refractivity contribution in [1.82, 2.24) is 0 Å². The van der Waals surface area contributed by atoms with E-state index in [9.17, 15) is 0 Å². The quantitative estimate of drug-likeness (QED) is 0.220. The normalized spacial score (nSPS) is 22.5. The van der Waals surface area contributed by atoms with Crippen LogP contribution in [0.5, 0.6) is 0 Å². The molecule has 0 aromatic carbocycles. The molecule has 0 nitrogen and oxygen atoms in total. The Morgan fingerprint density at radius 3 is 2.71 bits per heavy atom. The number of unbranched alkanes of at least 4 members (excludes halogenated alkanes) is 1. The maximum absolute atomic E-state index is 4.59. The Kier molecular flexibility index (Phi) is 10.7. The number of hydrogen-bond donors (Lipinski definition) is 0. The minimum absolute atomic E-state index is 0.456. The van der Waals surface area contributed by atoms with Crippen molar-refractivity contribution in [2.75, 3.05) is 0 Å². The summed E-state index contributed by atoms with van der Waals surface area (Å²) >= 11 is 0. The molecule has 3 unspecified atom stereocenters.